The Morgan fingerprint density at radius 3 is 2.39 bits per heavy atom. The van der Waals surface area contributed by atoms with Crippen LogP contribution in [-0.2, 0) is 6.54 Å². The lowest BCUT2D eigenvalue weighted by atomic mass is 10.1. The minimum atomic E-state index is -1.24. The molecule has 1 atom stereocenters. The number of aliphatic hydroxyl groups is 1. The van der Waals surface area contributed by atoms with E-state index < -0.39 is 17.7 Å². The molecule has 0 aliphatic rings. The average molecular weight is 252 g/mol. The van der Waals surface area contributed by atoms with Crippen LogP contribution in [0.25, 0.3) is 0 Å². The summed E-state index contributed by atoms with van der Waals surface area (Å²) < 4.78 is 28.6. The maximum absolute atomic E-state index is 13.5. The summed E-state index contributed by atoms with van der Waals surface area (Å²) in [5.74, 6) is -1.48. The van der Waals surface area contributed by atoms with Gasteiger partial charge in [0, 0.05) is 5.69 Å². The predicted octanol–water partition coefficient (Wildman–Crippen LogP) is 2.51. The molecule has 1 N–H and O–H groups in total. The highest BCUT2D eigenvalue weighted by Gasteiger charge is 2.18. The first-order valence-electron chi connectivity index (χ1n) is 5.61. The standard InChI is InChI=1S/C13H14F2N2O/c1-8-9(2)17(7-16-8)6-12(18)13-10(14)4-3-5-11(13)15/h3-5,7,12,18H,6H2,1-2H3. The number of hydrogen-bond acceptors (Lipinski definition) is 2. The third-order valence-electron chi connectivity index (χ3n) is 3.05. The normalized spacial score (nSPS) is 12.7. The number of imidazole rings is 1. The van der Waals surface area contributed by atoms with Gasteiger partial charge in [-0.2, -0.15) is 0 Å². The van der Waals surface area contributed by atoms with E-state index in [0.29, 0.717) is 0 Å². The summed E-state index contributed by atoms with van der Waals surface area (Å²) in [5, 5.41) is 9.94. The summed E-state index contributed by atoms with van der Waals surface area (Å²) >= 11 is 0. The number of halogens is 2. The summed E-state index contributed by atoms with van der Waals surface area (Å²) in [7, 11) is 0. The maximum Gasteiger partial charge on any atom is 0.132 e. The minimum Gasteiger partial charge on any atom is -0.386 e. The molecule has 1 unspecified atom stereocenters. The van der Waals surface area contributed by atoms with E-state index in [-0.39, 0.29) is 12.1 Å². The Balaban J connectivity index is 2.27. The van der Waals surface area contributed by atoms with Gasteiger partial charge in [0.2, 0.25) is 0 Å². The van der Waals surface area contributed by atoms with Crippen LogP contribution in [0.3, 0.4) is 0 Å². The molecule has 0 radical (unpaired) electrons. The van der Waals surface area contributed by atoms with Gasteiger partial charge in [-0.05, 0) is 26.0 Å². The van der Waals surface area contributed by atoms with Crippen molar-refractivity contribution in [1.82, 2.24) is 9.55 Å². The van der Waals surface area contributed by atoms with Crippen LogP contribution < -0.4 is 0 Å². The fourth-order valence-electron chi connectivity index (χ4n) is 1.83. The van der Waals surface area contributed by atoms with Gasteiger partial charge in [0.25, 0.3) is 0 Å². The second-order valence-electron chi connectivity index (χ2n) is 4.22. The van der Waals surface area contributed by atoms with Crippen LogP contribution in [0.5, 0.6) is 0 Å². The molecule has 0 saturated heterocycles. The SMILES string of the molecule is Cc1ncn(CC(O)c2c(F)cccc2F)c1C. The van der Waals surface area contributed by atoms with E-state index in [9.17, 15) is 13.9 Å². The van der Waals surface area contributed by atoms with Gasteiger partial charge in [-0.1, -0.05) is 6.07 Å². The van der Waals surface area contributed by atoms with Crippen LogP contribution in [0.15, 0.2) is 24.5 Å². The molecule has 0 bridgehead atoms. The van der Waals surface area contributed by atoms with E-state index >= 15 is 0 Å². The third kappa shape index (κ3) is 2.26. The van der Waals surface area contributed by atoms with Crippen LogP contribution in [0.2, 0.25) is 0 Å². The molecule has 2 rings (SSSR count). The number of rotatable bonds is 3. The highest BCUT2D eigenvalue weighted by atomic mass is 19.1. The van der Waals surface area contributed by atoms with Gasteiger partial charge in [-0.25, -0.2) is 13.8 Å². The van der Waals surface area contributed by atoms with Crippen LogP contribution in [0.4, 0.5) is 8.78 Å². The van der Waals surface area contributed by atoms with Crippen LogP contribution in [0.1, 0.15) is 23.1 Å². The molecule has 0 amide bonds. The van der Waals surface area contributed by atoms with Crippen molar-refractivity contribution in [3.63, 3.8) is 0 Å². The second kappa shape index (κ2) is 4.86. The van der Waals surface area contributed by atoms with Crippen molar-refractivity contribution in [3.8, 4) is 0 Å². The van der Waals surface area contributed by atoms with Crippen molar-refractivity contribution in [2.75, 3.05) is 0 Å². The zero-order valence-electron chi connectivity index (χ0n) is 10.2. The van der Waals surface area contributed by atoms with E-state index in [1.807, 2.05) is 13.8 Å². The van der Waals surface area contributed by atoms with Gasteiger partial charge in [0.05, 0.1) is 24.1 Å². The number of aryl methyl sites for hydroxylation is 1. The second-order valence-corrected chi connectivity index (χ2v) is 4.22. The number of aromatic nitrogens is 2. The van der Waals surface area contributed by atoms with Gasteiger partial charge in [0.15, 0.2) is 0 Å². The Labute approximate surface area is 104 Å². The summed E-state index contributed by atoms with van der Waals surface area (Å²) in [4.78, 5) is 4.07. The lowest BCUT2D eigenvalue weighted by Gasteiger charge is -2.14. The topological polar surface area (TPSA) is 38.0 Å². The molecule has 1 aromatic heterocycles. The lowest BCUT2D eigenvalue weighted by molar-refractivity contribution is 0.146. The molecular weight excluding hydrogens is 238 g/mol. The van der Waals surface area contributed by atoms with Crippen LogP contribution >= 0.6 is 0 Å². The molecule has 0 spiro atoms. The Hall–Kier alpha value is -1.75. The van der Waals surface area contributed by atoms with Crippen molar-refractivity contribution in [3.05, 3.63) is 53.1 Å². The van der Waals surface area contributed by atoms with Gasteiger partial charge in [0.1, 0.15) is 17.7 Å². The highest BCUT2D eigenvalue weighted by Crippen LogP contribution is 2.22. The van der Waals surface area contributed by atoms with E-state index in [2.05, 4.69) is 4.98 Å². The Morgan fingerprint density at radius 2 is 1.89 bits per heavy atom. The summed E-state index contributed by atoms with van der Waals surface area (Å²) in [6, 6.07) is 3.54. The summed E-state index contributed by atoms with van der Waals surface area (Å²) in [5.41, 5.74) is 1.39. The highest BCUT2D eigenvalue weighted by molar-refractivity contribution is 5.22. The molecule has 2 aromatic rings. The summed E-state index contributed by atoms with van der Waals surface area (Å²) in [6.45, 7) is 3.75. The maximum atomic E-state index is 13.5. The van der Waals surface area contributed by atoms with Crippen LogP contribution in [-0.4, -0.2) is 14.7 Å². The van der Waals surface area contributed by atoms with E-state index in [4.69, 9.17) is 0 Å². The van der Waals surface area contributed by atoms with Crippen LogP contribution in [0, 0.1) is 25.5 Å². The first-order valence-corrected chi connectivity index (χ1v) is 5.61. The quantitative estimate of drug-likeness (QED) is 0.911. The van der Waals surface area contributed by atoms with Gasteiger partial charge in [-0.3, -0.25) is 0 Å². The molecule has 18 heavy (non-hydrogen) atoms. The van der Waals surface area contributed by atoms with Gasteiger partial charge < -0.3 is 9.67 Å². The first kappa shape index (κ1) is 12.7. The van der Waals surface area contributed by atoms with Crippen molar-refractivity contribution in [2.45, 2.75) is 26.5 Å². The average Bonchev–Trinajstić information content (AvgIpc) is 2.61. The molecule has 0 aliphatic heterocycles. The fourth-order valence-corrected chi connectivity index (χ4v) is 1.83. The Morgan fingerprint density at radius 1 is 1.28 bits per heavy atom. The third-order valence-corrected chi connectivity index (χ3v) is 3.05. The molecule has 0 aliphatic carbocycles. The number of benzene rings is 1. The smallest absolute Gasteiger partial charge is 0.132 e. The molecular formula is C13H14F2N2O. The van der Waals surface area contributed by atoms with Gasteiger partial charge in [-0.15, -0.1) is 0 Å². The zero-order chi connectivity index (χ0) is 13.3. The molecule has 5 heteroatoms. The minimum absolute atomic E-state index is 0.0739. The number of hydrogen-bond donors (Lipinski definition) is 1. The molecule has 96 valence electrons. The van der Waals surface area contributed by atoms with Gasteiger partial charge >= 0.3 is 0 Å². The lowest BCUT2D eigenvalue weighted by Crippen LogP contribution is -2.12. The van der Waals surface area contributed by atoms with E-state index in [1.54, 1.807) is 10.9 Å². The van der Waals surface area contributed by atoms with E-state index in [1.165, 1.54) is 6.07 Å². The number of nitrogens with zero attached hydrogens (tertiary/aromatic N) is 2. The summed E-state index contributed by atoms with van der Waals surface area (Å²) in [6.07, 6.45) is 0.311. The van der Waals surface area contributed by atoms with Crippen molar-refractivity contribution in [1.29, 1.82) is 0 Å². The molecule has 0 fully saturated rings. The molecule has 3 nitrogen and oxygen atoms in total. The molecule has 1 heterocycles. The van der Waals surface area contributed by atoms with Crippen molar-refractivity contribution >= 4 is 0 Å². The Kier molecular flexibility index (Phi) is 3.43. The zero-order valence-corrected chi connectivity index (χ0v) is 10.2. The van der Waals surface area contributed by atoms with Crippen molar-refractivity contribution < 1.29 is 13.9 Å². The van der Waals surface area contributed by atoms with Crippen molar-refractivity contribution in [2.24, 2.45) is 0 Å². The Bertz CT molecular complexity index is 546. The largest absolute Gasteiger partial charge is 0.386 e. The predicted molar refractivity (Wildman–Crippen MR) is 63.0 cm³/mol. The van der Waals surface area contributed by atoms with E-state index in [0.717, 1.165) is 23.5 Å². The first-order chi connectivity index (χ1) is 8.50. The molecule has 0 saturated carbocycles. The molecule has 1 aromatic carbocycles. The monoisotopic (exact) mass is 252 g/mol. The fraction of sp³-hybridized carbons (Fsp3) is 0.308. The number of aliphatic hydroxyl groups excluding tert-OH is 1.